The van der Waals surface area contributed by atoms with Gasteiger partial charge in [-0.15, -0.1) is 10.2 Å². The molecule has 44 valence electrons. The van der Waals surface area contributed by atoms with Gasteiger partial charge in [0.1, 0.15) is 0 Å². The van der Waals surface area contributed by atoms with E-state index in [0.29, 0.717) is 0 Å². The summed E-state index contributed by atoms with van der Waals surface area (Å²) < 4.78 is 11.6. The van der Waals surface area contributed by atoms with E-state index in [2.05, 4.69) is 15.4 Å². The van der Waals surface area contributed by atoms with Gasteiger partial charge in [0.15, 0.2) is 6.67 Å². The highest BCUT2D eigenvalue weighted by Crippen LogP contribution is 1.85. The van der Waals surface area contributed by atoms with E-state index >= 15 is 0 Å². The zero-order chi connectivity index (χ0) is 5.98. The molecule has 5 heteroatoms. The van der Waals surface area contributed by atoms with E-state index in [4.69, 9.17) is 0 Å². The maximum atomic E-state index is 11.6. The number of halogens is 1. The quantitative estimate of drug-likeness (QED) is 0.505. The number of aryl methyl sites for hydroxylation is 1. The van der Waals surface area contributed by atoms with E-state index in [0.717, 1.165) is 0 Å². The van der Waals surface area contributed by atoms with Crippen LogP contribution in [0.5, 0.6) is 0 Å². The Balaban J connectivity index is 2.84. The third-order valence-corrected chi connectivity index (χ3v) is 0.669. The average molecular weight is 116 g/mol. The summed E-state index contributed by atoms with van der Waals surface area (Å²) in [4.78, 5) is 1.22. The second-order valence-electron chi connectivity index (χ2n) is 1.33. The van der Waals surface area contributed by atoms with Crippen LogP contribution in [0.4, 0.5) is 4.39 Å². The van der Waals surface area contributed by atoms with Crippen LogP contribution < -0.4 is 0 Å². The van der Waals surface area contributed by atoms with Crippen LogP contribution in [-0.2, 0) is 13.7 Å². The molecule has 4 nitrogen and oxygen atoms in total. The van der Waals surface area contributed by atoms with Crippen LogP contribution in [0.25, 0.3) is 0 Å². The molecule has 0 N–H and O–H groups in total. The predicted molar refractivity (Wildman–Crippen MR) is 23.6 cm³/mol. The third kappa shape index (κ3) is 0.800. The van der Waals surface area contributed by atoms with Crippen molar-refractivity contribution in [2.75, 3.05) is 0 Å². The van der Waals surface area contributed by atoms with Crippen molar-refractivity contribution < 1.29 is 4.39 Å². The molecule has 0 saturated heterocycles. The summed E-state index contributed by atoms with van der Waals surface area (Å²) in [5.41, 5.74) is 0. The minimum absolute atomic E-state index is 0.132. The molecule has 0 aromatic carbocycles. The lowest BCUT2D eigenvalue weighted by molar-refractivity contribution is 0.463. The number of rotatable bonds is 1. The van der Waals surface area contributed by atoms with Gasteiger partial charge in [-0.05, 0) is 5.21 Å². The average Bonchev–Trinajstić information content (AvgIpc) is 2.14. The summed E-state index contributed by atoms with van der Waals surface area (Å²) in [6.07, 6.45) is 0. The highest BCUT2D eigenvalue weighted by molar-refractivity contribution is 4.69. The summed E-state index contributed by atoms with van der Waals surface area (Å²) in [5, 5.41) is 10.3. The highest BCUT2D eigenvalue weighted by atomic mass is 19.1. The summed E-state index contributed by atoms with van der Waals surface area (Å²) in [6, 6.07) is 0. The molecule has 0 spiro atoms. The third-order valence-electron chi connectivity index (χ3n) is 0.669. The van der Waals surface area contributed by atoms with Crippen LogP contribution in [0.2, 0.25) is 0 Å². The SMILES string of the molecule is Cn1nnc(CF)n1. The standard InChI is InChI=1S/C3H5FN4/c1-8-6-3(2-4)5-7-8/h2H2,1H3. The maximum absolute atomic E-state index is 11.6. The van der Waals surface area contributed by atoms with Gasteiger partial charge in [-0.2, -0.15) is 4.80 Å². The smallest absolute Gasteiger partial charge is 0.205 e. The second-order valence-corrected chi connectivity index (χ2v) is 1.33. The number of tetrazole rings is 1. The van der Waals surface area contributed by atoms with Gasteiger partial charge in [0.25, 0.3) is 0 Å². The molecular formula is C3H5FN4. The Kier molecular flexibility index (Phi) is 1.19. The van der Waals surface area contributed by atoms with Gasteiger partial charge < -0.3 is 0 Å². The Morgan fingerprint density at radius 2 is 2.50 bits per heavy atom. The number of aromatic nitrogens is 4. The molecule has 0 aliphatic heterocycles. The molecule has 8 heavy (non-hydrogen) atoms. The Labute approximate surface area is 45.3 Å². The van der Waals surface area contributed by atoms with Gasteiger partial charge in [0.05, 0.1) is 7.05 Å². The van der Waals surface area contributed by atoms with Crippen molar-refractivity contribution in [1.29, 1.82) is 0 Å². The largest absolute Gasteiger partial charge is 0.242 e. The van der Waals surface area contributed by atoms with Crippen molar-refractivity contribution in [3.63, 3.8) is 0 Å². The maximum Gasteiger partial charge on any atom is 0.205 e. The van der Waals surface area contributed by atoms with E-state index < -0.39 is 6.67 Å². The predicted octanol–water partition coefficient (Wildman–Crippen LogP) is -0.320. The van der Waals surface area contributed by atoms with Crippen molar-refractivity contribution in [3.8, 4) is 0 Å². The van der Waals surface area contributed by atoms with Crippen LogP contribution >= 0.6 is 0 Å². The molecule has 0 unspecified atom stereocenters. The Morgan fingerprint density at radius 1 is 1.75 bits per heavy atom. The van der Waals surface area contributed by atoms with Gasteiger partial charge in [-0.1, -0.05) is 0 Å². The van der Waals surface area contributed by atoms with Crippen LogP contribution in [0.1, 0.15) is 5.82 Å². The molecular weight excluding hydrogens is 111 g/mol. The minimum Gasteiger partial charge on any atom is -0.242 e. The molecule has 0 amide bonds. The van der Waals surface area contributed by atoms with Gasteiger partial charge in [-0.25, -0.2) is 4.39 Å². The molecule has 0 aliphatic rings. The first-order valence-electron chi connectivity index (χ1n) is 2.12. The van der Waals surface area contributed by atoms with Gasteiger partial charge in [0, 0.05) is 0 Å². The Morgan fingerprint density at radius 3 is 2.75 bits per heavy atom. The zero-order valence-corrected chi connectivity index (χ0v) is 4.37. The molecule has 0 radical (unpaired) electrons. The van der Waals surface area contributed by atoms with Crippen LogP contribution in [0, 0.1) is 0 Å². The van der Waals surface area contributed by atoms with Crippen molar-refractivity contribution >= 4 is 0 Å². The van der Waals surface area contributed by atoms with Crippen LogP contribution in [0.3, 0.4) is 0 Å². The fourth-order valence-corrected chi connectivity index (χ4v) is 0.377. The molecule has 0 atom stereocenters. The first-order chi connectivity index (χ1) is 3.83. The number of hydrogen-bond acceptors (Lipinski definition) is 3. The van der Waals surface area contributed by atoms with Gasteiger partial charge in [0.2, 0.25) is 5.82 Å². The summed E-state index contributed by atoms with van der Waals surface area (Å²) in [7, 11) is 1.59. The first-order valence-corrected chi connectivity index (χ1v) is 2.12. The Bertz CT molecular complexity index is 172. The lowest BCUT2D eigenvalue weighted by Gasteiger charge is -1.76. The van der Waals surface area contributed by atoms with E-state index in [1.54, 1.807) is 7.05 Å². The number of hydrogen-bond donors (Lipinski definition) is 0. The number of alkyl halides is 1. The van der Waals surface area contributed by atoms with E-state index in [1.165, 1.54) is 4.80 Å². The van der Waals surface area contributed by atoms with E-state index in [-0.39, 0.29) is 5.82 Å². The molecule has 1 heterocycles. The van der Waals surface area contributed by atoms with E-state index in [9.17, 15) is 4.39 Å². The summed E-state index contributed by atoms with van der Waals surface area (Å²) >= 11 is 0. The van der Waals surface area contributed by atoms with Crippen molar-refractivity contribution in [1.82, 2.24) is 20.2 Å². The molecule has 0 bridgehead atoms. The van der Waals surface area contributed by atoms with Crippen molar-refractivity contribution in [2.45, 2.75) is 6.67 Å². The fourth-order valence-electron chi connectivity index (χ4n) is 0.377. The summed E-state index contributed by atoms with van der Waals surface area (Å²) in [5.74, 6) is 0.132. The normalized spacial score (nSPS) is 9.75. The van der Waals surface area contributed by atoms with Crippen molar-refractivity contribution in [3.05, 3.63) is 5.82 Å². The van der Waals surface area contributed by atoms with E-state index in [1.807, 2.05) is 0 Å². The summed E-state index contributed by atoms with van der Waals surface area (Å²) in [6.45, 7) is -0.645. The van der Waals surface area contributed by atoms with Crippen LogP contribution in [-0.4, -0.2) is 20.2 Å². The molecule has 1 rings (SSSR count). The first kappa shape index (κ1) is 5.14. The molecule has 0 fully saturated rings. The lowest BCUT2D eigenvalue weighted by atomic mass is 10.7. The topological polar surface area (TPSA) is 43.6 Å². The van der Waals surface area contributed by atoms with Gasteiger partial charge in [-0.3, -0.25) is 0 Å². The molecule has 0 saturated carbocycles. The van der Waals surface area contributed by atoms with Gasteiger partial charge >= 0.3 is 0 Å². The Hall–Kier alpha value is -1.00. The second kappa shape index (κ2) is 1.85. The fraction of sp³-hybridized carbons (Fsp3) is 0.667. The molecule has 1 aromatic rings. The highest BCUT2D eigenvalue weighted by Gasteiger charge is 1.94. The zero-order valence-electron chi connectivity index (χ0n) is 4.37. The molecule has 1 aromatic heterocycles. The molecule has 0 aliphatic carbocycles. The lowest BCUT2D eigenvalue weighted by Crippen LogP contribution is -1.92. The monoisotopic (exact) mass is 116 g/mol. The van der Waals surface area contributed by atoms with Crippen LogP contribution in [0.15, 0.2) is 0 Å². The minimum atomic E-state index is -0.645. The number of nitrogens with zero attached hydrogens (tertiary/aromatic N) is 4. The van der Waals surface area contributed by atoms with Crippen molar-refractivity contribution in [2.24, 2.45) is 7.05 Å².